The van der Waals surface area contributed by atoms with Crippen molar-refractivity contribution in [2.45, 2.75) is 32.9 Å². The van der Waals surface area contributed by atoms with E-state index in [1.165, 1.54) is 12.1 Å². The molecular formula is C27H29F3N4O2. The molecule has 0 bridgehead atoms. The van der Waals surface area contributed by atoms with Gasteiger partial charge in [0.15, 0.2) is 0 Å². The lowest BCUT2D eigenvalue weighted by atomic mass is 9.70. The van der Waals surface area contributed by atoms with Crippen LogP contribution < -0.4 is 10.2 Å². The number of alkyl halides is 3. The van der Waals surface area contributed by atoms with Crippen LogP contribution in [0.4, 0.5) is 18.9 Å². The summed E-state index contributed by atoms with van der Waals surface area (Å²) in [5, 5.41) is 11.8. The Labute approximate surface area is 208 Å². The second kappa shape index (κ2) is 9.49. The van der Waals surface area contributed by atoms with Crippen LogP contribution in [-0.4, -0.2) is 49.9 Å². The van der Waals surface area contributed by atoms with Crippen molar-refractivity contribution in [1.29, 1.82) is 5.26 Å². The fourth-order valence-electron chi connectivity index (χ4n) is 5.65. The number of carbonyl (C=O) groups is 2. The van der Waals surface area contributed by atoms with E-state index in [1.807, 2.05) is 32.0 Å². The molecule has 9 heteroatoms. The average Bonchev–Trinajstić information content (AvgIpc) is 3.21. The molecule has 2 fully saturated rings. The number of hydrogen-bond acceptors (Lipinski definition) is 4. The van der Waals surface area contributed by atoms with Gasteiger partial charge in [-0.1, -0.05) is 17.7 Å². The van der Waals surface area contributed by atoms with Crippen molar-refractivity contribution in [1.82, 2.24) is 10.2 Å². The Morgan fingerprint density at radius 3 is 2.39 bits per heavy atom. The number of aryl methyl sites for hydroxylation is 2. The number of rotatable bonds is 3. The largest absolute Gasteiger partial charge is 0.417 e. The third kappa shape index (κ3) is 4.64. The van der Waals surface area contributed by atoms with Crippen LogP contribution in [-0.2, 0) is 11.0 Å². The average molecular weight is 499 g/mol. The SMILES string of the molecule is CNC(=O)C1CN(c2ccc(C#N)c(C(F)(F)F)c2)CC12CCN(C(=O)c1ccc(C)cc1C)CC2. The van der Waals surface area contributed by atoms with Crippen LogP contribution >= 0.6 is 0 Å². The molecular weight excluding hydrogens is 469 g/mol. The van der Waals surface area contributed by atoms with E-state index in [1.54, 1.807) is 22.9 Å². The summed E-state index contributed by atoms with van der Waals surface area (Å²) >= 11 is 0. The molecule has 0 saturated carbocycles. The van der Waals surface area contributed by atoms with Crippen LogP contribution in [0.5, 0.6) is 0 Å². The smallest absolute Gasteiger partial charge is 0.370 e. The summed E-state index contributed by atoms with van der Waals surface area (Å²) in [5.74, 6) is -0.627. The Balaban J connectivity index is 1.58. The molecule has 4 rings (SSSR count). The molecule has 2 saturated heterocycles. The van der Waals surface area contributed by atoms with Gasteiger partial charge in [0, 0.05) is 49.9 Å². The van der Waals surface area contributed by atoms with Crippen molar-refractivity contribution >= 4 is 17.5 Å². The van der Waals surface area contributed by atoms with Gasteiger partial charge >= 0.3 is 6.18 Å². The van der Waals surface area contributed by atoms with Crippen molar-refractivity contribution in [2.75, 3.05) is 38.1 Å². The molecule has 2 aliphatic heterocycles. The van der Waals surface area contributed by atoms with Crippen molar-refractivity contribution in [3.05, 3.63) is 64.2 Å². The number of carbonyl (C=O) groups excluding carboxylic acids is 2. The maximum absolute atomic E-state index is 13.5. The van der Waals surface area contributed by atoms with E-state index in [4.69, 9.17) is 5.26 Å². The quantitative estimate of drug-likeness (QED) is 0.685. The van der Waals surface area contributed by atoms with Gasteiger partial charge < -0.3 is 15.1 Å². The minimum Gasteiger partial charge on any atom is -0.370 e. The van der Waals surface area contributed by atoms with Gasteiger partial charge in [0.1, 0.15) is 0 Å². The topological polar surface area (TPSA) is 76.4 Å². The number of anilines is 1. The molecule has 190 valence electrons. The normalized spacial score (nSPS) is 19.3. The monoisotopic (exact) mass is 498 g/mol. The number of piperidine rings is 1. The Hall–Kier alpha value is -3.54. The van der Waals surface area contributed by atoms with Crippen LogP contribution in [0, 0.1) is 36.5 Å². The molecule has 1 N–H and O–H groups in total. The maximum atomic E-state index is 13.5. The number of nitrogens with zero attached hydrogens (tertiary/aromatic N) is 3. The Kier molecular flexibility index (Phi) is 6.74. The van der Waals surface area contributed by atoms with Crippen molar-refractivity contribution in [3.63, 3.8) is 0 Å². The third-order valence-corrected chi connectivity index (χ3v) is 7.66. The zero-order valence-electron chi connectivity index (χ0n) is 20.6. The maximum Gasteiger partial charge on any atom is 0.417 e. The molecule has 36 heavy (non-hydrogen) atoms. The van der Waals surface area contributed by atoms with Gasteiger partial charge in [0.2, 0.25) is 5.91 Å². The van der Waals surface area contributed by atoms with Crippen molar-refractivity contribution in [3.8, 4) is 6.07 Å². The fraction of sp³-hybridized carbons (Fsp3) is 0.444. The van der Waals surface area contributed by atoms with Crippen molar-refractivity contribution < 1.29 is 22.8 Å². The summed E-state index contributed by atoms with van der Waals surface area (Å²) < 4.78 is 40.6. The van der Waals surface area contributed by atoms with Gasteiger partial charge in [0.25, 0.3) is 5.91 Å². The summed E-state index contributed by atoms with van der Waals surface area (Å²) in [6.45, 7) is 5.49. The van der Waals surface area contributed by atoms with E-state index in [0.717, 1.165) is 17.2 Å². The summed E-state index contributed by atoms with van der Waals surface area (Å²) in [4.78, 5) is 29.7. The molecule has 6 nitrogen and oxygen atoms in total. The fourth-order valence-corrected chi connectivity index (χ4v) is 5.65. The number of nitrogens with one attached hydrogen (secondary N) is 1. The summed E-state index contributed by atoms with van der Waals surface area (Å²) in [7, 11) is 1.56. The van der Waals surface area contributed by atoms with Gasteiger partial charge in [-0.3, -0.25) is 9.59 Å². The first-order valence-electron chi connectivity index (χ1n) is 11.9. The van der Waals surface area contributed by atoms with Crippen LogP contribution in [0.2, 0.25) is 0 Å². The molecule has 2 aromatic carbocycles. The molecule has 2 aliphatic rings. The molecule has 1 spiro atoms. The highest BCUT2D eigenvalue weighted by Gasteiger charge is 2.51. The second-order valence-electron chi connectivity index (χ2n) is 9.86. The lowest BCUT2D eigenvalue weighted by Crippen LogP contribution is -2.49. The van der Waals surface area contributed by atoms with E-state index >= 15 is 0 Å². The molecule has 2 amide bonds. The Morgan fingerprint density at radius 1 is 1.11 bits per heavy atom. The van der Waals surface area contributed by atoms with E-state index in [0.29, 0.717) is 43.7 Å². The summed E-state index contributed by atoms with van der Waals surface area (Å²) in [6, 6.07) is 11.0. The zero-order valence-corrected chi connectivity index (χ0v) is 20.6. The number of halogens is 3. The first-order valence-corrected chi connectivity index (χ1v) is 11.9. The number of benzene rings is 2. The van der Waals surface area contributed by atoms with E-state index in [9.17, 15) is 22.8 Å². The Morgan fingerprint density at radius 2 is 1.81 bits per heavy atom. The van der Waals surface area contributed by atoms with Gasteiger partial charge in [-0.25, -0.2) is 0 Å². The van der Waals surface area contributed by atoms with Gasteiger partial charge in [-0.2, -0.15) is 18.4 Å². The summed E-state index contributed by atoms with van der Waals surface area (Å²) in [5.41, 5.74) is 1.11. The van der Waals surface area contributed by atoms with Gasteiger partial charge in [-0.15, -0.1) is 0 Å². The number of amides is 2. The van der Waals surface area contributed by atoms with Crippen LogP contribution in [0.15, 0.2) is 36.4 Å². The van der Waals surface area contributed by atoms with Crippen molar-refractivity contribution in [2.24, 2.45) is 11.3 Å². The van der Waals surface area contributed by atoms with Crippen LogP contribution in [0.25, 0.3) is 0 Å². The van der Waals surface area contributed by atoms with E-state index in [2.05, 4.69) is 5.32 Å². The molecule has 2 heterocycles. The highest BCUT2D eigenvalue weighted by atomic mass is 19.4. The standard InChI is InChI=1S/C27H29F3N4O2/c1-17-4-7-21(18(2)12-17)25(36)33-10-8-26(9-11-33)16-34(15-23(26)24(35)32-3)20-6-5-19(14-31)22(13-20)27(28,29)30/h4-7,12-13,23H,8-11,15-16H2,1-3H3,(H,32,35). The molecule has 1 unspecified atom stereocenters. The molecule has 2 aromatic rings. The first kappa shape index (κ1) is 25.5. The Bertz CT molecular complexity index is 1230. The minimum atomic E-state index is -4.65. The number of likely N-dealkylation sites (tertiary alicyclic amines) is 1. The number of nitriles is 1. The van der Waals surface area contributed by atoms with Gasteiger partial charge in [-0.05, 0) is 56.5 Å². The lowest BCUT2D eigenvalue weighted by molar-refractivity contribution is -0.137. The summed E-state index contributed by atoms with van der Waals surface area (Å²) in [6.07, 6.45) is -3.51. The molecule has 1 atom stereocenters. The minimum absolute atomic E-state index is 0.0457. The predicted molar refractivity (Wildman–Crippen MR) is 129 cm³/mol. The van der Waals surface area contributed by atoms with Crippen LogP contribution in [0.3, 0.4) is 0 Å². The van der Waals surface area contributed by atoms with E-state index in [-0.39, 0.29) is 18.4 Å². The highest BCUT2D eigenvalue weighted by molar-refractivity contribution is 5.95. The predicted octanol–water partition coefficient (Wildman–Crippen LogP) is 4.30. The zero-order chi connectivity index (χ0) is 26.3. The van der Waals surface area contributed by atoms with Gasteiger partial charge in [0.05, 0.1) is 23.1 Å². The first-order chi connectivity index (χ1) is 17.0. The molecule has 0 radical (unpaired) electrons. The second-order valence-corrected chi connectivity index (χ2v) is 9.86. The molecule has 0 aromatic heterocycles. The van der Waals surface area contributed by atoms with Crippen LogP contribution in [0.1, 0.15) is 45.5 Å². The van der Waals surface area contributed by atoms with E-state index < -0.39 is 28.6 Å². The highest BCUT2D eigenvalue weighted by Crippen LogP contribution is 2.47. The molecule has 0 aliphatic carbocycles. The lowest BCUT2D eigenvalue weighted by Gasteiger charge is -2.42. The third-order valence-electron chi connectivity index (χ3n) is 7.66. The number of hydrogen-bond donors (Lipinski definition) is 1.